The van der Waals surface area contributed by atoms with E-state index in [2.05, 4.69) is 0 Å². The van der Waals surface area contributed by atoms with Gasteiger partial charge in [-0.1, -0.05) is 61.9 Å². The van der Waals surface area contributed by atoms with Crippen LogP contribution < -0.4 is 5.06 Å². The first-order chi connectivity index (χ1) is 12.7. The number of carbonyl (C=O) groups is 2. The van der Waals surface area contributed by atoms with E-state index in [0.29, 0.717) is 6.54 Å². The number of carbonyl (C=O) groups excluding carboxylic acids is 2. The van der Waals surface area contributed by atoms with E-state index in [1.165, 1.54) is 4.90 Å². The fourth-order valence-corrected chi connectivity index (χ4v) is 3.80. The molecule has 5 nitrogen and oxygen atoms in total. The second-order valence-corrected chi connectivity index (χ2v) is 6.75. The number of para-hydroxylation sites is 1. The molecule has 5 heteroatoms. The first kappa shape index (κ1) is 16.8. The van der Waals surface area contributed by atoms with Crippen molar-refractivity contribution in [2.24, 2.45) is 5.92 Å². The number of rotatable bonds is 5. The molecule has 3 unspecified atom stereocenters. The van der Waals surface area contributed by atoms with Crippen molar-refractivity contribution in [3.05, 3.63) is 66.2 Å². The molecule has 134 valence electrons. The zero-order valence-electron chi connectivity index (χ0n) is 14.7. The maximum absolute atomic E-state index is 13.1. The molecule has 0 bridgehead atoms. The molecule has 0 spiro atoms. The molecule has 2 aliphatic rings. The van der Waals surface area contributed by atoms with E-state index in [0.717, 1.165) is 24.1 Å². The fourth-order valence-electron chi connectivity index (χ4n) is 3.80. The van der Waals surface area contributed by atoms with Gasteiger partial charge in [-0.3, -0.25) is 19.3 Å². The first-order valence-electron chi connectivity index (χ1n) is 9.13. The second kappa shape index (κ2) is 6.92. The van der Waals surface area contributed by atoms with Crippen LogP contribution in [0.4, 0.5) is 5.69 Å². The van der Waals surface area contributed by atoms with Gasteiger partial charge in [0.2, 0.25) is 5.91 Å². The van der Waals surface area contributed by atoms with Gasteiger partial charge in [-0.15, -0.1) is 0 Å². The van der Waals surface area contributed by atoms with Gasteiger partial charge in [0.05, 0.1) is 11.7 Å². The van der Waals surface area contributed by atoms with E-state index in [9.17, 15) is 9.59 Å². The average Bonchev–Trinajstić information content (AvgIpc) is 3.19. The van der Waals surface area contributed by atoms with Crippen molar-refractivity contribution in [3.63, 3.8) is 0 Å². The molecule has 0 saturated carbocycles. The van der Waals surface area contributed by atoms with Crippen LogP contribution in [-0.2, 0) is 14.4 Å². The van der Waals surface area contributed by atoms with Crippen molar-refractivity contribution in [2.75, 3.05) is 11.6 Å². The highest BCUT2D eigenvalue weighted by Crippen LogP contribution is 2.46. The van der Waals surface area contributed by atoms with Gasteiger partial charge in [0.15, 0.2) is 6.10 Å². The van der Waals surface area contributed by atoms with Crippen LogP contribution in [0.2, 0.25) is 0 Å². The number of anilines is 1. The summed E-state index contributed by atoms with van der Waals surface area (Å²) in [5.41, 5.74) is 1.82. The molecule has 2 heterocycles. The fraction of sp³-hybridized carbons (Fsp3) is 0.333. The van der Waals surface area contributed by atoms with E-state index in [1.807, 2.05) is 67.6 Å². The molecule has 2 fully saturated rings. The van der Waals surface area contributed by atoms with Gasteiger partial charge >= 0.3 is 0 Å². The van der Waals surface area contributed by atoms with Crippen LogP contribution in [0.3, 0.4) is 0 Å². The van der Waals surface area contributed by atoms with Crippen molar-refractivity contribution >= 4 is 17.5 Å². The molecule has 26 heavy (non-hydrogen) atoms. The van der Waals surface area contributed by atoms with Gasteiger partial charge < -0.3 is 0 Å². The van der Waals surface area contributed by atoms with E-state index in [4.69, 9.17) is 4.84 Å². The molecule has 2 aliphatic heterocycles. The minimum absolute atomic E-state index is 0.124. The lowest BCUT2D eigenvalue weighted by atomic mass is 9.90. The first-order valence-corrected chi connectivity index (χ1v) is 9.13. The van der Waals surface area contributed by atoms with Crippen molar-refractivity contribution in [2.45, 2.75) is 31.9 Å². The molecule has 2 aromatic rings. The Labute approximate surface area is 153 Å². The topological polar surface area (TPSA) is 49.9 Å². The number of nitrogens with zero attached hydrogens (tertiary/aromatic N) is 2. The SMILES string of the molecule is CCCCN1C(=O)C2ON(c3ccccc3)C(c3ccccc3)C2C1=O. The van der Waals surface area contributed by atoms with E-state index < -0.39 is 12.0 Å². The number of hydroxylamine groups is 1. The summed E-state index contributed by atoms with van der Waals surface area (Å²) in [4.78, 5) is 33.3. The summed E-state index contributed by atoms with van der Waals surface area (Å²) in [6.07, 6.45) is 1.01. The molecule has 3 atom stereocenters. The number of fused-ring (bicyclic) bond motifs is 1. The van der Waals surface area contributed by atoms with Crippen molar-refractivity contribution in [1.82, 2.24) is 4.90 Å². The Kier molecular flexibility index (Phi) is 4.47. The van der Waals surface area contributed by atoms with E-state index in [-0.39, 0.29) is 17.9 Å². The Morgan fingerprint density at radius 3 is 2.23 bits per heavy atom. The number of unbranched alkanes of at least 4 members (excludes halogenated alkanes) is 1. The molecular formula is C21H22N2O3. The highest BCUT2D eigenvalue weighted by atomic mass is 16.7. The Hall–Kier alpha value is -2.66. The average molecular weight is 350 g/mol. The maximum atomic E-state index is 13.1. The van der Waals surface area contributed by atoms with Gasteiger partial charge in [-0.05, 0) is 24.1 Å². The quantitative estimate of drug-likeness (QED) is 0.776. The Morgan fingerprint density at radius 2 is 1.58 bits per heavy atom. The molecule has 2 saturated heterocycles. The largest absolute Gasteiger partial charge is 0.280 e. The maximum Gasteiger partial charge on any atom is 0.261 e. The van der Waals surface area contributed by atoms with Gasteiger partial charge in [-0.2, -0.15) is 0 Å². The molecule has 0 aromatic heterocycles. The van der Waals surface area contributed by atoms with Crippen LogP contribution in [-0.4, -0.2) is 29.4 Å². The highest BCUT2D eigenvalue weighted by molar-refractivity contribution is 6.07. The molecule has 0 radical (unpaired) electrons. The normalized spacial score (nSPS) is 25.0. The summed E-state index contributed by atoms with van der Waals surface area (Å²) >= 11 is 0. The third-order valence-electron chi connectivity index (χ3n) is 5.09. The van der Waals surface area contributed by atoms with Crippen LogP contribution >= 0.6 is 0 Å². The van der Waals surface area contributed by atoms with Crippen molar-refractivity contribution < 1.29 is 14.4 Å². The zero-order valence-corrected chi connectivity index (χ0v) is 14.7. The van der Waals surface area contributed by atoms with Crippen molar-refractivity contribution in [3.8, 4) is 0 Å². The molecule has 4 rings (SSSR count). The Balaban J connectivity index is 1.73. The number of hydrogen-bond donors (Lipinski definition) is 0. The smallest absolute Gasteiger partial charge is 0.261 e. The monoisotopic (exact) mass is 350 g/mol. The van der Waals surface area contributed by atoms with Crippen LogP contribution in [0.5, 0.6) is 0 Å². The predicted molar refractivity (Wildman–Crippen MR) is 98.1 cm³/mol. The summed E-state index contributed by atoms with van der Waals surface area (Å²) < 4.78 is 0. The second-order valence-electron chi connectivity index (χ2n) is 6.75. The summed E-state index contributed by atoms with van der Waals surface area (Å²) in [6, 6.07) is 19.1. The molecule has 0 N–H and O–H groups in total. The number of benzene rings is 2. The Bertz CT molecular complexity index is 793. The van der Waals surface area contributed by atoms with Crippen LogP contribution in [0.25, 0.3) is 0 Å². The predicted octanol–water partition coefficient (Wildman–Crippen LogP) is 3.33. The molecule has 2 aromatic carbocycles. The molecular weight excluding hydrogens is 328 g/mol. The lowest BCUT2D eigenvalue weighted by Gasteiger charge is -2.28. The van der Waals surface area contributed by atoms with Crippen molar-refractivity contribution in [1.29, 1.82) is 0 Å². The molecule has 0 aliphatic carbocycles. The minimum atomic E-state index is -0.746. The standard InChI is InChI=1S/C21H22N2O3/c1-2-3-14-22-20(24)17-18(15-10-6-4-7-11-15)23(26-19(17)21(22)25)16-12-8-5-9-13-16/h4-13,17-19H,2-3,14H2,1H3. The summed E-state index contributed by atoms with van der Waals surface area (Å²) in [6.45, 7) is 2.52. The van der Waals surface area contributed by atoms with Crippen LogP contribution in [0, 0.1) is 5.92 Å². The number of likely N-dealkylation sites (tertiary alicyclic amines) is 1. The number of hydrogen-bond acceptors (Lipinski definition) is 4. The van der Waals surface area contributed by atoms with E-state index in [1.54, 1.807) is 5.06 Å². The van der Waals surface area contributed by atoms with Crippen LogP contribution in [0.15, 0.2) is 60.7 Å². The Morgan fingerprint density at radius 1 is 0.923 bits per heavy atom. The third kappa shape index (κ3) is 2.69. The van der Waals surface area contributed by atoms with Gasteiger partial charge in [0.1, 0.15) is 5.92 Å². The minimum Gasteiger partial charge on any atom is -0.280 e. The van der Waals surface area contributed by atoms with Crippen LogP contribution in [0.1, 0.15) is 31.4 Å². The zero-order chi connectivity index (χ0) is 18.1. The molecule has 2 amide bonds. The van der Waals surface area contributed by atoms with E-state index >= 15 is 0 Å². The van der Waals surface area contributed by atoms with Gasteiger partial charge in [-0.25, -0.2) is 5.06 Å². The highest BCUT2D eigenvalue weighted by Gasteiger charge is 2.59. The summed E-state index contributed by atoms with van der Waals surface area (Å²) in [5, 5.41) is 1.73. The third-order valence-corrected chi connectivity index (χ3v) is 5.09. The van der Waals surface area contributed by atoms with Gasteiger partial charge in [0.25, 0.3) is 5.91 Å². The summed E-state index contributed by atoms with van der Waals surface area (Å²) in [7, 11) is 0. The van der Waals surface area contributed by atoms with Gasteiger partial charge in [0, 0.05) is 6.54 Å². The lowest BCUT2D eigenvalue weighted by molar-refractivity contribution is -0.143. The number of amides is 2. The summed E-state index contributed by atoms with van der Waals surface area (Å²) in [5.74, 6) is -0.851. The lowest BCUT2D eigenvalue weighted by Crippen LogP contribution is -2.37. The number of imide groups is 1.